The van der Waals surface area contributed by atoms with E-state index in [0.717, 1.165) is 32.1 Å². The first kappa shape index (κ1) is 14.9. The van der Waals surface area contributed by atoms with E-state index in [9.17, 15) is 14.7 Å². The first-order chi connectivity index (χ1) is 9.83. The molecule has 0 aromatic rings. The van der Waals surface area contributed by atoms with Crippen LogP contribution in [-0.2, 0) is 14.3 Å². The van der Waals surface area contributed by atoms with Crippen LogP contribution in [0, 0.1) is 35.0 Å². The van der Waals surface area contributed by atoms with E-state index >= 15 is 0 Å². The van der Waals surface area contributed by atoms with Crippen LogP contribution < -0.4 is 0 Å². The molecular formula is C17H26O4. The van der Waals surface area contributed by atoms with Crippen molar-refractivity contribution in [1.82, 2.24) is 0 Å². The third-order valence-electron chi connectivity index (χ3n) is 6.45. The monoisotopic (exact) mass is 294 g/mol. The minimum absolute atomic E-state index is 0.0297. The lowest BCUT2D eigenvalue weighted by atomic mass is 9.80. The number of aliphatic carboxylic acids is 1. The Morgan fingerprint density at radius 1 is 1.10 bits per heavy atom. The number of fused-ring (bicyclic) bond motifs is 5. The van der Waals surface area contributed by atoms with Crippen molar-refractivity contribution < 1.29 is 19.4 Å². The molecule has 4 heteroatoms. The molecule has 6 unspecified atom stereocenters. The Balaban J connectivity index is 1.65. The number of hydrogen-bond acceptors (Lipinski definition) is 3. The SMILES string of the molecule is CCC(C)(C)C(=O)OC1CC2CC1C1CC(C(=O)O)CC21. The van der Waals surface area contributed by atoms with E-state index in [0.29, 0.717) is 23.7 Å². The Morgan fingerprint density at radius 3 is 2.38 bits per heavy atom. The van der Waals surface area contributed by atoms with Gasteiger partial charge in [-0.2, -0.15) is 0 Å². The van der Waals surface area contributed by atoms with E-state index in [1.165, 1.54) is 0 Å². The summed E-state index contributed by atoms with van der Waals surface area (Å²) in [7, 11) is 0. The molecular weight excluding hydrogens is 268 g/mol. The van der Waals surface area contributed by atoms with E-state index < -0.39 is 11.4 Å². The van der Waals surface area contributed by atoms with Crippen molar-refractivity contribution in [3.63, 3.8) is 0 Å². The fourth-order valence-corrected chi connectivity index (χ4v) is 4.79. The average Bonchev–Trinajstić information content (AvgIpc) is 3.08. The van der Waals surface area contributed by atoms with Crippen LogP contribution in [0.3, 0.4) is 0 Å². The molecule has 0 heterocycles. The third kappa shape index (κ3) is 2.36. The van der Waals surface area contributed by atoms with E-state index in [1.54, 1.807) is 0 Å². The minimum Gasteiger partial charge on any atom is -0.481 e. The van der Waals surface area contributed by atoms with Gasteiger partial charge in [-0.25, -0.2) is 0 Å². The molecule has 1 N–H and O–H groups in total. The number of esters is 1. The predicted octanol–water partition coefficient (Wildman–Crippen LogP) is 3.10. The molecule has 0 aliphatic heterocycles. The molecule has 0 amide bonds. The maximum absolute atomic E-state index is 12.3. The van der Waals surface area contributed by atoms with Gasteiger partial charge in [-0.3, -0.25) is 9.59 Å². The Labute approximate surface area is 126 Å². The number of carboxylic acid groups (broad SMARTS) is 1. The maximum atomic E-state index is 12.3. The summed E-state index contributed by atoms with van der Waals surface area (Å²) < 4.78 is 5.82. The van der Waals surface area contributed by atoms with Crippen molar-refractivity contribution in [3.8, 4) is 0 Å². The van der Waals surface area contributed by atoms with E-state index in [4.69, 9.17) is 4.74 Å². The summed E-state index contributed by atoms with van der Waals surface area (Å²) >= 11 is 0. The van der Waals surface area contributed by atoms with Gasteiger partial charge < -0.3 is 9.84 Å². The van der Waals surface area contributed by atoms with Crippen molar-refractivity contribution in [3.05, 3.63) is 0 Å². The van der Waals surface area contributed by atoms with Crippen LogP contribution in [0.2, 0.25) is 0 Å². The van der Waals surface area contributed by atoms with Crippen LogP contribution in [-0.4, -0.2) is 23.1 Å². The van der Waals surface area contributed by atoms with Gasteiger partial charge in [0.1, 0.15) is 6.10 Å². The molecule has 3 saturated carbocycles. The van der Waals surface area contributed by atoms with Gasteiger partial charge in [0.25, 0.3) is 0 Å². The highest BCUT2D eigenvalue weighted by atomic mass is 16.5. The summed E-state index contributed by atoms with van der Waals surface area (Å²) in [5.41, 5.74) is -0.416. The zero-order valence-corrected chi connectivity index (χ0v) is 13.2. The average molecular weight is 294 g/mol. The van der Waals surface area contributed by atoms with Gasteiger partial charge in [0, 0.05) is 0 Å². The fourth-order valence-electron chi connectivity index (χ4n) is 4.79. The minimum atomic E-state index is -0.649. The van der Waals surface area contributed by atoms with Gasteiger partial charge in [0.05, 0.1) is 11.3 Å². The van der Waals surface area contributed by atoms with E-state index in [2.05, 4.69) is 0 Å². The molecule has 118 valence electrons. The van der Waals surface area contributed by atoms with Crippen molar-refractivity contribution >= 4 is 11.9 Å². The normalized spacial score (nSPS) is 41.1. The third-order valence-corrected chi connectivity index (χ3v) is 6.45. The number of hydrogen-bond donors (Lipinski definition) is 1. The summed E-state index contributed by atoms with van der Waals surface area (Å²) in [6, 6.07) is 0. The number of carbonyl (C=O) groups is 2. The highest BCUT2D eigenvalue weighted by molar-refractivity contribution is 5.76. The maximum Gasteiger partial charge on any atom is 0.311 e. The first-order valence-electron chi connectivity index (χ1n) is 8.27. The van der Waals surface area contributed by atoms with Crippen LogP contribution >= 0.6 is 0 Å². The molecule has 0 aromatic heterocycles. The smallest absolute Gasteiger partial charge is 0.311 e. The Bertz CT molecular complexity index is 456. The van der Waals surface area contributed by atoms with Gasteiger partial charge in [0.2, 0.25) is 0 Å². The van der Waals surface area contributed by atoms with Gasteiger partial charge in [0.15, 0.2) is 0 Å². The lowest BCUT2D eigenvalue weighted by Crippen LogP contribution is -2.36. The van der Waals surface area contributed by atoms with Crippen LogP contribution in [0.1, 0.15) is 52.9 Å². The van der Waals surface area contributed by atoms with Crippen LogP contribution in [0.5, 0.6) is 0 Å². The molecule has 3 rings (SSSR count). The van der Waals surface area contributed by atoms with Crippen molar-refractivity contribution in [2.75, 3.05) is 0 Å². The highest BCUT2D eigenvalue weighted by Gasteiger charge is 2.58. The Morgan fingerprint density at radius 2 is 1.76 bits per heavy atom. The van der Waals surface area contributed by atoms with Crippen molar-refractivity contribution in [1.29, 1.82) is 0 Å². The van der Waals surface area contributed by atoms with Crippen LogP contribution in [0.4, 0.5) is 0 Å². The summed E-state index contributed by atoms with van der Waals surface area (Å²) in [4.78, 5) is 23.5. The van der Waals surface area contributed by atoms with Crippen molar-refractivity contribution in [2.45, 2.75) is 59.0 Å². The van der Waals surface area contributed by atoms with Gasteiger partial charge >= 0.3 is 11.9 Å². The molecule has 21 heavy (non-hydrogen) atoms. The second-order valence-corrected chi connectivity index (χ2v) is 7.91. The first-order valence-corrected chi connectivity index (χ1v) is 8.27. The summed E-state index contributed by atoms with van der Waals surface area (Å²) in [6.07, 6.45) is 4.51. The van der Waals surface area contributed by atoms with E-state index in [1.807, 2.05) is 20.8 Å². The number of ether oxygens (including phenoxy) is 1. The van der Waals surface area contributed by atoms with Crippen LogP contribution in [0.25, 0.3) is 0 Å². The summed E-state index contributed by atoms with van der Waals surface area (Å²) in [5.74, 6) is 1.09. The summed E-state index contributed by atoms with van der Waals surface area (Å²) in [6.45, 7) is 5.87. The van der Waals surface area contributed by atoms with Crippen molar-refractivity contribution in [2.24, 2.45) is 35.0 Å². The van der Waals surface area contributed by atoms with Gasteiger partial charge in [-0.1, -0.05) is 6.92 Å². The fraction of sp³-hybridized carbons (Fsp3) is 0.882. The van der Waals surface area contributed by atoms with Gasteiger partial charge in [-0.05, 0) is 69.6 Å². The standard InChI is InChI=1S/C17H26O4/c1-4-17(2,3)16(20)21-14-8-9-5-13(14)12-7-10(15(18)19)6-11(9)12/h9-14H,4-8H2,1-3H3,(H,18,19). The number of carbonyl (C=O) groups excluding carboxylic acids is 1. The van der Waals surface area contributed by atoms with E-state index in [-0.39, 0.29) is 18.0 Å². The Kier molecular flexibility index (Phi) is 3.53. The highest BCUT2D eigenvalue weighted by Crippen LogP contribution is 2.60. The molecule has 0 spiro atoms. The lowest BCUT2D eigenvalue weighted by molar-refractivity contribution is -0.164. The second kappa shape index (κ2) is 4.99. The molecule has 0 radical (unpaired) electrons. The molecule has 3 aliphatic carbocycles. The quantitative estimate of drug-likeness (QED) is 0.809. The molecule has 3 aliphatic rings. The Hall–Kier alpha value is -1.06. The van der Waals surface area contributed by atoms with Crippen LogP contribution in [0.15, 0.2) is 0 Å². The molecule has 0 aromatic carbocycles. The number of carboxylic acids is 1. The topological polar surface area (TPSA) is 63.6 Å². The lowest BCUT2D eigenvalue weighted by Gasteiger charge is -2.33. The number of rotatable bonds is 4. The molecule has 3 fully saturated rings. The predicted molar refractivity (Wildman–Crippen MR) is 77.5 cm³/mol. The molecule has 2 bridgehead atoms. The largest absolute Gasteiger partial charge is 0.481 e. The van der Waals surface area contributed by atoms with Gasteiger partial charge in [-0.15, -0.1) is 0 Å². The zero-order chi connectivity index (χ0) is 15.4. The molecule has 4 nitrogen and oxygen atoms in total. The zero-order valence-electron chi connectivity index (χ0n) is 13.2. The summed E-state index contributed by atoms with van der Waals surface area (Å²) in [5, 5.41) is 9.23. The molecule has 0 saturated heterocycles. The molecule has 6 atom stereocenters. The second-order valence-electron chi connectivity index (χ2n) is 7.91.